The fourth-order valence-electron chi connectivity index (χ4n) is 4.46. The zero-order chi connectivity index (χ0) is 20.9. The lowest BCUT2D eigenvalue weighted by Crippen LogP contribution is -2.55. The van der Waals surface area contributed by atoms with E-state index in [0.29, 0.717) is 30.0 Å². The number of anilines is 1. The van der Waals surface area contributed by atoms with E-state index in [1.807, 2.05) is 30.3 Å². The summed E-state index contributed by atoms with van der Waals surface area (Å²) < 4.78 is 1.77. The molecule has 2 saturated heterocycles. The summed E-state index contributed by atoms with van der Waals surface area (Å²) in [6.45, 7) is 7.26. The van der Waals surface area contributed by atoms with Crippen LogP contribution in [0.3, 0.4) is 0 Å². The second kappa shape index (κ2) is 9.92. The maximum atomic E-state index is 12.6. The maximum Gasteiger partial charge on any atom is 0.239 e. The number of likely N-dealkylation sites (tertiary alicyclic amines) is 1. The lowest BCUT2D eigenvalue weighted by atomic mass is 10.0. The summed E-state index contributed by atoms with van der Waals surface area (Å²) >= 11 is 6.26. The number of likely N-dealkylation sites (N-methyl/N-ethyl adjacent to an activating group) is 1. The van der Waals surface area contributed by atoms with E-state index in [1.54, 1.807) is 10.9 Å². The van der Waals surface area contributed by atoms with Crippen molar-refractivity contribution >= 4 is 23.3 Å². The fraction of sp³-hybridized carbons (Fsp3) is 0.545. The van der Waals surface area contributed by atoms with E-state index in [-0.39, 0.29) is 5.91 Å². The van der Waals surface area contributed by atoms with E-state index < -0.39 is 0 Å². The van der Waals surface area contributed by atoms with Gasteiger partial charge in [0.25, 0.3) is 0 Å². The third-order valence-corrected chi connectivity index (χ3v) is 6.52. The number of piperidine rings is 1. The molecule has 1 aromatic heterocycles. The van der Waals surface area contributed by atoms with E-state index in [9.17, 15) is 4.79 Å². The molecule has 0 saturated carbocycles. The summed E-state index contributed by atoms with van der Waals surface area (Å²) in [6, 6.07) is 10.2. The van der Waals surface area contributed by atoms with Crippen molar-refractivity contribution in [3.8, 4) is 0 Å². The Morgan fingerprint density at radius 3 is 2.73 bits per heavy atom. The van der Waals surface area contributed by atoms with Crippen LogP contribution in [0.15, 0.2) is 36.5 Å². The number of halogens is 1. The van der Waals surface area contributed by atoms with Crippen molar-refractivity contribution in [3.63, 3.8) is 0 Å². The van der Waals surface area contributed by atoms with E-state index in [4.69, 9.17) is 11.6 Å². The second-order valence-electron chi connectivity index (χ2n) is 8.38. The van der Waals surface area contributed by atoms with E-state index in [2.05, 4.69) is 32.2 Å². The van der Waals surface area contributed by atoms with Crippen molar-refractivity contribution < 1.29 is 4.79 Å². The smallest absolute Gasteiger partial charge is 0.239 e. The van der Waals surface area contributed by atoms with Gasteiger partial charge in [-0.3, -0.25) is 14.6 Å². The van der Waals surface area contributed by atoms with Crippen molar-refractivity contribution in [1.29, 1.82) is 0 Å². The molecule has 4 rings (SSSR count). The molecule has 1 N–H and O–H groups in total. The molecule has 0 bridgehead atoms. The molecule has 2 aliphatic heterocycles. The minimum Gasteiger partial charge on any atom is -0.310 e. The van der Waals surface area contributed by atoms with Crippen LogP contribution in [-0.4, -0.2) is 89.3 Å². The number of nitrogens with one attached hydrogen (secondary N) is 1. The topological polar surface area (TPSA) is 56.6 Å². The monoisotopic (exact) mass is 430 g/mol. The van der Waals surface area contributed by atoms with Gasteiger partial charge in [-0.1, -0.05) is 29.8 Å². The van der Waals surface area contributed by atoms with E-state index >= 15 is 0 Å². The average Bonchev–Trinajstić information content (AvgIpc) is 3.16. The van der Waals surface area contributed by atoms with Crippen LogP contribution in [0.5, 0.6) is 0 Å². The van der Waals surface area contributed by atoms with Gasteiger partial charge in [0.15, 0.2) is 0 Å². The molecule has 1 amide bonds. The number of rotatable bonds is 6. The number of nitrogens with zero attached hydrogens (tertiary/aromatic N) is 5. The molecule has 0 spiro atoms. The quantitative estimate of drug-likeness (QED) is 0.761. The number of hydrogen-bond donors (Lipinski definition) is 1. The molecule has 1 aromatic carbocycles. The number of amides is 1. The summed E-state index contributed by atoms with van der Waals surface area (Å²) in [7, 11) is 2.21. The standard InChI is InChI=1S/C22H31ClN6O/c1-26-10-4-6-19(16-26)28-13-11-27(12-14-28)17-22(30)25-21-8-9-24-29(21)15-18-5-2-3-7-20(18)23/h2-3,5,7-9,19H,4,6,10-17H2,1H3,(H,25,30). The van der Waals surface area contributed by atoms with Crippen molar-refractivity contribution in [2.24, 2.45) is 0 Å². The van der Waals surface area contributed by atoms with Crippen LogP contribution in [0.25, 0.3) is 0 Å². The van der Waals surface area contributed by atoms with Gasteiger partial charge in [0.1, 0.15) is 5.82 Å². The minimum atomic E-state index is 0.00163. The zero-order valence-corrected chi connectivity index (χ0v) is 18.4. The number of benzene rings is 1. The maximum absolute atomic E-state index is 12.6. The highest BCUT2D eigenvalue weighted by molar-refractivity contribution is 6.31. The molecule has 3 heterocycles. The lowest BCUT2D eigenvalue weighted by Gasteiger charge is -2.42. The Bertz CT molecular complexity index is 848. The first-order valence-corrected chi connectivity index (χ1v) is 11.2. The van der Waals surface area contributed by atoms with Crippen LogP contribution in [0.1, 0.15) is 18.4 Å². The van der Waals surface area contributed by atoms with Crippen LogP contribution in [0.2, 0.25) is 5.02 Å². The SMILES string of the molecule is CN1CCCC(N2CCN(CC(=O)Nc3ccnn3Cc3ccccc3Cl)CC2)C1. The number of aromatic nitrogens is 2. The first-order chi connectivity index (χ1) is 14.6. The van der Waals surface area contributed by atoms with Crippen LogP contribution >= 0.6 is 11.6 Å². The summed E-state index contributed by atoms with van der Waals surface area (Å²) in [5.41, 5.74) is 0.975. The first-order valence-electron chi connectivity index (χ1n) is 10.8. The summed E-state index contributed by atoms with van der Waals surface area (Å²) in [6.07, 6.45) is 4.28. The highest BCUT2D eigenvalue weighted by Gasteiger charge is 2.27. The Labute approximate surface area is 183 Å². The van der Waals surface area contributed by atoms with Gasteiger partial charge in [0.2, 0.25) is 5.91 Å². The van der Waals surface area contributed by atoms with Crippen LogP contribution in [0.4, 0.5) is 5.82 Å². The molecule has 30 heavy (non-hydrogen) atoms. The zero-order valence-electron chi connectivity index (χ0n) is 17.6. The summed E-state index contributed by atoms with van der Waals surface area (Å²) in [5, 5.41) is 8.05. The van der Waals surface area contributed by atoms with Crippen molar-refractivity contribution in [3.05, 3.63) is 47.1 Å². The van der Waals surface area contributed by atoms with E-state index in [1.165, 1.54) is 19.4 Å². The Morgan fingerprint density at radius 2 is 1.97 bits per heavy atom. The molecule has 8 heteroatoms. The number of hydrogen-bond acceptors (Lipinski definition) is 5. The van der Waals surface area contributed by atoms with Crippen molar-refractivity contribution in [2.75, 3.05) is 58.2 Å². The average molecular weight is 431 g/mol. The Balaban J connectivity index is 1.26. The Kier molecular flexibility index (Phi) is 7.04. The Hall–Kier alpha value is -1.93. The minimum absolute atomic E-state index is 0.00163. The molecule has 2 aliphatic rings. The third-order valence-electron chi connectivity index (χ3n) is 6.15. The predicted octanol–water partition coefficient (Wildman–Crippen LogP) is 2.24. The third kappa shape index (κ3) is 5.40. The number of piperazine rings is 1. The second-order valence-corrected chi connectivity index (χ2v) is 8.79. The van der Waals surface area contributed by atoms with Gasteiger partial charge in [-0.2, -0.15) is 5.10 Å². The molecule has 0 radical (unpaired) electrons. The first kappa shape index (κ1) is 21.3. The highest BCUT2D eigenvalue weighted by atomic mass is 35.5. The Morgan fingerprint density at radius 1 is 1.17 bits per heavy atom. The molecular formula is C22H31ClN6O. The molecule has 0 aliphatic carbocycles. The van der Waals surface area contributed by atoms with Crippen LogP contribution < -0.4 is 5.32 Å². The summed E-state index contributed by atoms with van der Waals surface area (Å²) in [4.78, 5) is 19.9. The van der Waals surface area contributed by atoms with Crippen molar-refractivity contribution in [2.45, 2.75) is 25.4 Å². The van der Waals surface area contributed by atoms with E-state index in [0.717, 1.165) is 38.3 Å². The van der Waals surface area contributed by atoms with Gasteiger partial charge >= 0.3 is 0 Å². The molecule has 1 atom stereocenters. The van der Waals surface area contributed by atoms with Crippen LogP contribution in [0, 0.1) is 0 Å². The van der Waals surface area contributed by atoms with Gasteiger partial charge < -0.3 is 10.2 Å². The van der Waals surface area contributed by atoms with Gasteiger partial charge in [-0.25, -0.2) is 4.68 Å². The van der Waals surface area contributed by atoms with Crippen molar-refractivity contribution in [1.82, 2.24) is 24.5 Å². The van der Waals surface area contributed by atoms with Gasteiger partial charge in [0.05, 0.1) is 19.3 Å². The molecule has 162 valence electrons. The molecule has 1 unspecified atom stereocenters. The number of carbonyl (C=O) groups excluding carboxylic acids is 1. The molecular weight excluding hydrogens is 400 g/mol. The normalized spacial score (nSPS) is 21.6. The largest absolute Gasteiger partial charge is 0.310 e. The highest BCUT2D eigenvalue weighted by Crippen LogP contribution is 2.19. The lowest BCUT2D eigenvalue weighted by molar-refractivity contribution is -0.117. The molecule has 2 fully saturated rings. The van der Waals surface area contributed by atoms with Gasteiger partial charge in [-0.05, 0) is 38.1 Å². The number of carbonyl (C=O) groups is 1. The molecule has 7 nitrogen and oxygen atoms in total. The predicted molar refractivity (Wildman–Crippen MR) is 120 cm³/mol. The molecule has 2 aromatic rings. The van der Waals surface area contributed by atoms with Crippen LogP contribution in [-0.2, 0) is 11.3 Å². The summed E-state index contributed by atoms with van der Waals surface area (Å²) in [5.74, 6) is 0.700. The van der Waals surface area contributed by atoms with Gasteiger partial charge in [0, 0.05) is 49.9 Å². The fourth-order valence-corrected chi connectivity index (χ4v) is 4.66. The van der Waals surface area contributed by atoms with Gasteiger partial charge in [-0.15, -0.1) is 0 Å².